The van der Waals surface area contributed by atoms with Gasteiger partial charge in [-0.05, 0) is 30.5 Å². The number of carbonyl (C=O) groups excluding carboxylic acids is 1. The number of fused-ring (bicyclic) bond motifs is 2. The highest BCUT2D eigenvalue weighted by atomic mass is 16.5. The molecule has 20 heavy (non-hydrogen) atoms. The second kappa shape index (κ2) is 5.12. The molecule has 104 valence electrons. The summed E-state index contributed by atoms with van der Waals surface area (Å²) in [7, 11) is 1.43. The van der Waals surface area contributed by atoms with Gasteiger partial charge in [0.2, 0.25) is 0 Å². The van der Waals surface area contributed by atoms with E-state index in [1.165, 1.54) is 23.6 Å². The Hall–Kier alpha value is -2.10. The summed E-state index contributed by atoms with van der Waals surface area (Å²) in [4.78, 5) is 18.2. The predicted octanol–water partition coefficient (Wildman–Crippen LogP) is 2.71. The van der Waals surface area contributed by atoms with E-state index in [9.17, 15) is 4.79 Å². The first-order chi connectivity index (χ1) is 9.70. The number of aromatic nitrogens is 1. The van der Waals surface area contributed by atoms with E-state index in [-0.39, 0.29) is 6.09 Å². The molecule has 3 rings (SSSR count). The molecule has 0 atom stereocenters. The molecule has 0 spiro atoms. The van der Waals surface area contributed by atoms with Crippen LogP contribution in [0.4, 0.5) is 4.79 Å². The fourth-order valence-corrected chi connectivity index (χ4v) is 2.93. The molecular weight excluding hydrogens is 252 g/mol. The minimum atomic E-state index is -0.250. The van der Waals surface area contributed by atoms with E-state index in [4.69, 9.17) is 9.72 Å². The van der Waals surface area contributed by atoms with Crippen LogP contribution in [0.5, 0.6) is 0 Å². The van der Waals surface area contributed by atoms with Crippen molar-refractivity contribution in [3.8, 4) is 0 Å². The molecule has 0 radical (unpaired) electrons. The molecule has 1 aromatic heterocycles. The molecule has 0 saturated heterocycles. The van der Waals surface area contributed by atoms with Gasteiger partial charge in [-0.3, -0.25) is 4.98 Å². The zero-order chi connectivity index (χ0) is 14.1. The summed E-state index contributed by atoms with van der Waals surface area (Å²) in [5.41, 5.74) is 4.73. The smallest absolute Gasteiger partial charge is 0.409 e. The first-order valence-electron chi connectivity index (χ1n) is 6.90. The zero-order valence-electron chi connectivity index (χ0n) is 11.8. The van der Waals surface area contributed by atoms with Crippen molar-refractivity contribution >= 4 is 17.0 Å². The molecule has 0 fully saturated rings. The van der Waals surface area contributed by atoms with Crippen molar-refractivity contribution in [2.75, 3.05) is 20.2 Å². The van der Waals surface area contributed by atoms with Crippen molar-refractivity contribution in [2.24, 2.45) is 0 Å². The molecule has 0 aliphatic carbocycles. The van der Waals surface area contributed by atoms with E-state index >= 15 is 0 Å². The number of hydrogen-bond donors (Lipinski definition) is 0. The fourth-order valence-electron chi connectivity index (χ4n) is 2.93. The quantitative estimate of drug-likeness (QED) is 0.739. The number of carbonyl (C=O) groups is 1. The number of para-hydroxylation sites is 1. The number of rotatable bonds is 0. The molecule has 1 amide bonds. The lowest BCUT2D eigenvalue weighted by atomic mass is 9.99. The van der Waals surface area contributed by atoms with Crippen LogP contribution in [0.2, 0.25) is 0 Å². The summed E-state index contributed by atoms with van der Waals surface area (Å²) < 4.78 is 4.82. The monoisotopic (exact) mass is 270 g/mol. The van der Waals surface area contributed by atoms with Crippen molar-refractivity contribution in [2.45, 2.75) is 19.8 Å². The van der Waals surface area contributed by atoms with Gasteiger partial charge in [-0.1, -0.05) is 18.2 Å². The van der Waals surface area contributed by atoms with Gasteiger partial charge in [-0.15, -0.1) is 0 Å². The summed E-state index contributed by atoms with van der Waals surface area (Å²) in [6.07, 6.45) is 1.38. The number of benzene rings is 1. The van der Waals surface area contributed by atoms with Gasteiger partial charge >= 0.3 is 6.09 Å². The van der Waals surface area contributed by atoms with Crippen LogP contribution in [-0.2, 0) is 17.6 Å². The zero-order valence-corrected chi connectivity index (χ0v) is 11.8. The summed E-state index contributed by atoms with van der Waals surface area (Å²) in [5.74, 6) is 0. The second-order valence-electron chi connectivity index (χ2n) is 5.14. The fraction of sp³-hybridized carbons (Fsp3) is 0.375. The molecule has 0 saturated carbocycles. The number of hydrogen-bond acceptors (Lipinski definition) is 3. The van der Waals surface area contributed by atoms with E-state index in [0.717, 1.165) is 24.1 Å². The van der Waals surface area contributed by atoms with Gasteiger partial charge in [0, 0.05) is 30.6 Å². The van der Waals surface area contributed by atoms with Crippen molar-refractivity contribution in [1.82, 2.24) is 9.88 Å². The third-order valence-electron chi connectivity index (χ3n) is 4.05. The third-order valence-corrected chi connectivity index (χ3v) is 4.05. The molecule has 0 unspecified atom stereocenters. The van der Waals surface area contributed by atoms with Gasteiger partial charge in [0.15, 0.2) is 0 Å². The van der Waals surface area contributed by atoms with Crippen molar-refractivity contribution in [3.63, 3.8) is 0 Å². The Kier molecular flexibility index (Phi) is 3.30. The predicted molar refractivity (Wildman–Crippen MR) is 77.9 cm³/mol. The van der Waals surface area contributed by atoms with Crippen LogP contribution in [0.1, 0.15) is 16.8 Å². The summed E-state index contributed by atoms with van der Waals surface area (Å²) in [6.45, 7) is 3.52. The van der Waals surface area contributed by atoms with E-state index in [1.807, 2.05) is 18.2 Å². The number of aryl methyl sites for hydroxylation is 1. The normalized spacial score (nSPS) is 14.8. The number of ether oxygens (including phenoxy) is 1. The number of amides is 1. The highest BCUT2D eigenvalue weighted by Crippen LogP contribution is 2.25. The molecule has 2 heterocycles. The highest BCUT2D eigenvalue weighted by molar-refractivity contribution is 5.83. The Morgan fingerprint density at radius 3 is 2.80 bits per heavy atom. The van der Waals surface area contributed by atoms with E-state index in [2.05, 4.69) is 13.0 Å². The lowest BCUT2D eigenvalue weighted by Gasteiger charge is -2.17. The highest BCUT2D eigenvalue weighted by Gasteiger charge is 2.21. The lowest BCUT2D eigenvalue weighted by Crippen LogP contribution is -2.33. The molecule has 1 aliphatic rings. The SMILES string of the molecule is COC(=O)N1CCc2nc3ccccc3c(C)c2CC1. The Balaban J connectivity index is 2.02. The largest absolute Gasteiger partial charge is 0.453 e. The maximum absolute atomic E-state index is 11.7. The van der Waals surface area contributed by atoms with Gasteiger partial charge in [0.05, 0.1) is 12.6 Å². The van der Waals surface area contributed by atoms with Crippen LogP contribution >= 0.6 is 0 Å². The standard InChI is InChI=1S/C16H18N2O2/c1-11-12-5-3-4-6-14(12)17-15-8-10-18(16(19)20-2)9-7-13(11)15/h3-6H,7-10H2,1-2H3. The van der Waals surface area contributed by atoms with Crippen molar-refractivity contribution < 1.29 is 9.53 Å². The van der Waals surface area contributed by atoms with Gasteiger partial charge in [0.1, 0.15) is 0 Å². The van der Waals surface area contributed by atoms with Crippen LogP contribution in [-0.4, -0.2) is 36.2 Å². The Morgan fingerprint density at radius 2 is 2.00 bits per heavy atom. The molecule has 0 N–H and O–H groups in total. The lowest BCUT2D eigenvalue weighted by molar-refractivity contribution is 0.125. The van der Waals surface area contributed by atoms with Gasteiger partial charge in [-0.25, -0.2) is 4.79 Å². The Labute approximate surface area is 118 Å². The maximum Gasteiger partial charge on any atom is 0.409 e. The minimum Gasteiger partial charge on any atom is -0.453 e. The molecule has 2 aromatic rings. The molecule has 4 heteroatoms. The van der Waals surface area contributed by atoms with Crippen LogP contribution in [0.15, 0.2) is 24.3 Å². The summed E-state index contributed by atoms with van der Waals surface area (Å²) in [6, 6.07) is 8.21. The number of nitrogens with zero attached hydrogens (tertiary/aromatic N) is 2. The molecule has 1 aliphatic heterocycles. The average Bonchev–Trinajstić information content (AvgIpc) is 2.69. The Morgan fingerprint density at radius 1 is 1.25 bits per heavy atom. The first kappa shape index (κ1) is 12.9. The van der Waals surface area contributed by atoms with Crippen molar-refractivity contribution in [1.29, 1.82) is 0 Å². The third kappa shape index (κ3) is 2.11. The van der Waals surface area contributed by atoms with Crippen molar-refractivity contribution in [3.05, 3.63) is 41.1 Å². The molecule has 1 aromatic carbocycles. The number of pyridine rings is 1. The van der Waals surface area contributed by atoms with Crippen LogP contribution in [0.25, 0.3) is 10.9 Å². The van der Waals surface area contributed by atoms with Crippen LogP contribution in [0.3, 0.4) is 0 Å². The summed E-state index contributed by atoms with van der Waals surface area (Å²) in [5, 5.41) is 1.21. The Bertz CT molecular complexity index is 667. The molecular formula is C16H18N2O2. The van der Waals surface area contributed by atoms with E-state index in [0.29, 0.717) is 13.1 Å². The summed E-state index contributed by atoms with van der Waals surface area (Å²) >= 11 is 0. The van der Waals surface area contributed by atoms with Gasteiger partial charge in [-0.2, -0.15) is 0 Å². The topological polar surface area (TPSA) is 42.4 Å². The maximum atomic E-state index is 11.7. The number of methoxy groups -OCH3 is 1. The van der Waals surface area contributed by atoms with Gasteiger partial charge < -0.3 is 9.64 Å². The van der Waals surface area contributed by atoms with E-state index in [1.54, 1.807) is 4.90 Å². The van der Waals surface area contributed by atoms with Gasteiger partial charge in [0.25, 0.3) is 0 Å². The first-order valence-corrected chi connectivity index (χ1v) is 6.90. The van der Waals surface area contributed by atoms with E-state index < -0.39 is 0 Å². The van der Waals surface area contributed by atoms with Crippen LogP contribution in [0, 0.1) is 6.92 Å². The minimum absolute atomic E-state index is 0.250. The molecule has 0 bridgehead atoms. The average molecular weight is 270 g/mol. The molecule has 4 nitrogen and oxygen atoms in total. The van der Waals surface area contributed by atoms with Crippen LogP contribution < -0.4 is 0 Å². The second-order valence-corrected chi connectivity index (χ2v) is 5.14.